The quantitative estimate of drug-likeness (QED) is 0.682. The van der Waals surface area contributed by atoms with E-state index in [9.17, 15) is 4.79 Å². The second-order valence-electron chi connectivity index (χ2n) is 4.59. The predicted molar refractivity (Wildman–Crippen MR) is 62.1 cm³/mol. The van der Waals surface area contributed by atoms with Crippen molar-refractivity contribution < 1.29 is 4.79 Å². The number of benzene rings is 1. The van der Waals surface area contributed by atoms with Crippen molar-refractivity contribution in [3.63, 3.8) is 0 Å². The van der Waals surface area contributed by atoms with Crippen molar-refractivity contribution in [2.75, 3.05) is 0 Å². The summed E-state index contributed by atoms with van der Waals surface area (Å²) in [5.74, 6) is 0.983. The van der Waals surface area contributed by atoms with Gasteiger partial charge in [-0.25, -0.2) is 0 Å². The highest BCUT2D eigenvalue weighted by atomic mass is 16.1. The summed E-state index contributed by atoms with van der Waals surface area (Å²) >= 11 is 0. The Hall–Kier alpha value is -1.11. The van der Waals surface area contributed by atoms with Crippen molar-refractivity contribution in [3.05, 3.63) is 35.4 Å². The zero-order chi connectivity index (χ0) is 10.7. The number of carbonyl (C=O) groups is 1. The van der Waals surface area contributed by atoms with Crippen LogP contribution in [0.25, 0.3) is 0 Å². The molecule has 80 valence electrons. The van der Waals surface area contributed by atoms with Gasteiger partial charge in [-0.1, -0.05) is 49.9 Å². The highest BCUT2D eigenvalue weighted by Crippen LogP contribution is 2.29. The molecule has 2 rings (SSSR count). The molecule has 0 heterocycles. The number of hydrogen-bond acceptors (Lipinski definition) is 1. The maximum Gasteiger partial charge on any atom is 0.163 e. The third kappa shape index (κ3) is 2.47. The minimum atomic E-state index is 0.333. The maximum atomic E-state index is 12.0. The highest BCUT2D eigenvalue weighted by Gasteiger charge is 2.19. The SMILES string of the molecule is Cc1ccccc1C(=O)CC1CCCC1. The van der Waals surface area contributed by atoms with Crippen molar-refractivity contribution in [1.29, 1.82) is 0 Å². The number of Topliss-reactive ketones (excluding diaryl/α,β-unsaturated/α-hetero) is 1. The largest absolute Gasteiger partial charge is 0.294 e. The molecule has 1 nitrogen and oxygen atoms in total. The van der Waals surface area contributed by atoms with Crippen molar-refractivity contribution in [3.8, 4) is 0 Å². The first-order valence-corrected chi connectivity index (χ1v) is 5.86. The van der Waals surface area contributed by atoms with Crippen LogP contribution in [0.3, 0.4) is 0 Å². The molecule has 0 atom stereocenters. The molecule has 0 bridgehead atoms. The molecule has 1 saturated carbocycles. The molecular formula is C14H18O. The van der Waals surface area contributed by atoms with E-state index < -0.39 is 0 Å². The molecule has 1 heteroatoms. The molecule has 1 fully saturated rings. The monoisotopic (exact) mass is 202 g/mol. The normalized spacial score (nSPS) is 16.9. The standard InChI is InChI=1S/C14H18O/c1-11-6-2-5-9-13(11)14(15)10-12-7-3-4-8-12/h2,5-6,9,12H,3-4,7-8,10H2,1H3. The summed E-state index contributed by atoms with van der Waals surface area (Å²) in [4.78, 5) is 12.0. The van der Waals surface area contributed by atoms with E-state index in [4.69, 9.17) is 0 Å². The van der Waals surface area contributed by atoms with Gasteiger partial charge in [-0.05, 0) is 18.4 Å². The second kappa shape index (κ2) is 4.61. The molecule has 1 aromatic carbocycles. The Balaban J connectivity index is 2.04. The predicted octanol–water partition coefficient (Wildman–Crippen LogP) is 3.76. The van der Waals surface area contributed by atoms with Crippen LogP contribution in [0.2, 0.25) is 0 Å². The van der Waals surface area contributed by atoms with Gasteiger partial charge in [0.25, 0.3) is 0 Å². The van der Waals surface area contributed by atoms with Crippen LogP contribution in [0.4, 0.5) is 0 Å². The van der Waals surface area contributed by atoms with Gasteiger partial charge in [0.05, 0.1) is 0 Å². The van der Waals surface area contributed by atoms with E-state index in [2.05, 4.69) is 0 Å². The van der Waals surface area contributed by atoms with Crippen molar-refractivity contribution in [2.24, 2.45) is 5.92 Å². The lowest BCUT2D eigenvalue weighted by Gasteiger charge is -2.09. The number of aryl methyl sites for hydroxylation is 1. The van der Waals surface area contributed by atoms with E-state index >= 15 is 0 Å². The summed E-state index contributed by atoms with van der Waals surface area (Å²) in [6, 6.07) is 7.91. The van der Waals surface area contributed by atoms with Gasteiger partial charge in [0, 0.05) is 12.0 Å². The van der Waals surface area contributed by atoms with E-state index in [-0.39, 0.29) is 0 Å². The van der Waals surface area contributed by atoms with Crippen LogP contribution in [-0.4, -0.2) is 5.78 Å². The Bertz CT molecular complexity index is 348. The third-order valence-electron chi connectivity index (χ3n) is 3.39. The summed E-state index contributed by atoms with van der Waals surface area (Å²) in [7, 11) is 0. The Morgan fingerprint density at radius 3 is 2.60 bits per heavy atom. The average Bonchev–Trinajstić information content (AvgIpc) is 2.71. The van der Waals surface area contributed by atoms with E-state index in [1.807, 2.05) is 31.2 Å². The fourth-order valence-corrected chi connectivity index (χ4v) is 2.47. The molecule has 0 saturated heterocycles. The van der Waals surface area contributed by atoms with Crippen LogP contribution in [0.1, 0.15) is 48.0 Å². The van der Waals surface area contributed by atoms with Gasteiger partial charge in [-0.2, -0.15) is 0 Å². The van der Waals surface area contributed by atoms with Crippen LogP contribution in [0.5, 0.6) is 0 Å². The van der Waals surface area contributed by atoms with E-state index in [1.165, 1.54) is 25.7 Å². The van der Waals surface area contributed by atoms with Gasteiger partial charge in [-0.3, -0.25) is 4.79 Å². The lowest BCUT2D eigenvalue weighted by Crippen LogP contribution is -2.07. The smallest absolute Gasteiger partial charge is 0.163 e. The molecule has 1 aliphatic rings. The topological polar surface area (TPSA) is 17.1 Å². The average molecular weight is 202 g/mol. The molecule has 0 aromatic heterocycles. The first-order chi connectivity index (χ1) is 7.27. The summed E-state index contributed by atoms with van der Waals surface area (Å²) < 4.78 is 0. The first-order valence-electron chi connectivity index (χ1n) is 5.86. The van der Waals surface area contributed by atoms with Crippen LogP contribution in [-0.2, 0) is 0 Å². The first kappa shape index (κ1) is 10.4. The highest BCUT2D eigenvalue weighted by molar-refractivity contribution is 5.97. The molecule has 15 heavy (non-hydrogen) atoms. The Kier molecular flexibility index (Phi) is 3.20. The Morgan fingerprint density at radius 1 is 1.27 bits per heavy atom. The summed E-state index contributed by atoms with van der Waals surface area (Å²) in [6.07, 6.45) is 5.87. The number of ketones is 1. The van der Waals surface area contributed by atoms with E-state index in [0.717, 1.165) is 17.5 Å². The lowest BCUT2D eigenvalue weighted by atomic mass is 9.95. The number of rotatable bonds is 3. The molecule has 0 spiro atoms. The zero-order valence-electron chi connectivity index (χ0n) is 9.33. The van der Waals surface area contributed by atoms with Gasteiger partial charge in [0.15, 0.2) is 5.78 Å². The van der Waals surface area contributed by atoms with Gasteiger partial charge in [-0.15, -0.1) is 0 Å². The fourth-order valence-electron chi connectivity index (χ4n) is 2.47. The summed E-state index contributed by atoms with van der Waals surface area (Å²) in [5.41, 5.74) is 2.03. The van der Waals surface area contributed by atoms with Crippen molar-refractivity contribution >= 4 is 5.78 Å². The zero-order valence-corrected chi connectivity index (χ0v) is 9.33. The summed E-state index contributed by atoms with van der Waals surface area (Å²) in [6.45, 7) is 2.02. The molecule has 0 amide bonds. The number of hydrogen-bond donors (Lipinski definition) is 0. The third-order valence-corrected chi connectivity index (χ3v) is 3.39. The minimum Gasteiger partial charge on any atom is -0.294 e. The van der Waals surface area contributed by atoms with Gasteiger partial charge in [0.1, 0.15) is 0 Å². The molecule has 1 aromatic rings. The molecular weight excluding hydrogens is 184 g/mol. The van der Waals surface area contributed by atoms with Gasteiger partial charge in [0.2, 0.25) is 0 Å². The van der Waals surface area contributed by atoms with Crippen molar-refractivity contribution in [1.82, 2.24) is 0 Å². The number of carbonyl (C=O) groups excluding carboxylic acids is 1. The molecule has 1 aliphatic carbocycles. The van der Waals surface area contributed by atoms with Crippen LogP contribution >= 0.6 is 0 Å². The minimum absolute atomic E-state index is 0.333. The molecule has 0 unspecified atom stereocenters. The Morgan fingerprint density at radius 2 is 1.93 bits per heavy atom. The van der Waals surface area contributed by atoms with Gasteiger partial charge < -0.3 is 0 Å². The Labute approximate surface area is 91.5 Å². The van der Waals surface area contributed by atoms with Crippen LogP contribution in [0, 0.1) is 12.8 Å². The van der Waals surface area contributed by atoms with Crippen molar-refractivity contribution in [2.45, 2.75) is 39.0 Å². The maximum absolute atomic E-state index is 12.0. The van der Waals surface area contributed by atoms with Crippen LogP contribution in [0.15, 0.2) is 24.3 Å². The molecule has 0 N–H and O–H groups in total. The molecule has 0 radical (unpaired) electrons. The van der Waals surface area contributed by atoms with E-state index in [1.54, 1.807) is 0 Å². The lowest BCUT2D eigenvalue weighted by molar-refractivity contribution is 0.0961. The summed E-state index contributed by atoms with van der Waals surface area (Å²) in [5, 5.41) is 0. The van der Waals surface area contributed by atoms with Gasteiger partial charge >= 0.3 is 0 Å². The van der Waals surface area contributed by atoms with E-state index in [0.29, 0.717) is 11.7 Å². The fraction of sp³-hybridized carbons (Fsp3) is 0.500. The van der Waals surface area contributed by atoms with Crippen LogP contribution < -0.4 is 0 Å². The molecule has 0 aliphatic heterocycles. The second-order valence-corrected chi connectivity index (χ2v) is 4.59.